The van der Waals surface area contributed by atoms with E-state index in [2.05, 4.69) is 23.3 Å². The van der Waals surface area contributed by atoms with Gasteiger partial charge in [-0.25, -0.2) is 4.98 Å². The molecule has 2 rings (SSSR count). The van der Waals surface area contributed by atoms with Crippen LogP contribution in [0.2, 0.25) is 0 Å². The zero-order valence-corrected chi connectivity index (χ0v) is 11.8. The standard InChI is InChI=1S/C13H20N4S/c1-3-16-13(10-14)6-4-5-11(9-13)18-12-15-7-8-17(12)2/h7-8,11,16H,3-6,9H2,1-2H3. The van der Waals surface area contributed by atoms with Gasteiger partial charge in [0.1, 0.15) is 5.54 Å². The molecule has 0 saturated heterocycles. The van der Waals surface area contributed by atoms with E-state index in [0.717, 1.165) is 31.0 Å². The van der Waals surface area contributed by atoms with Crippen molar-refractivity contribution in [3.8, 4) is 6.07 Å². The Labute approximate surface area is 113 Å². The molecule has 0 aromatic carbocycles. The van der Waals surface area contributed by atoms with E-state index in [4.69, 9.17) is 0 Å². The summed E-state index contributed by atoms with van der Waals surface area (Å²) in [6.07, 6.45) is 7.96. The summed E-state index contributed by atoms with van der Waals surface area (Å²) in [5.74, 6) is 0. The lowest BCUT2D eigenvalue weighted by Gasteiger charge is -2.35. The van der Waals surface area contributed by atoms with Crippen molar-refractivity contribution in [2.75, 3.05) is 6.54 Å². The van der Waals surface area contributed by atoms with Crippen LogP contribution in [0.1, 0.15) is 32.6 Å². The van der Waals surface area contributed by atoms with Gasteiger partial charge in [-0.15, -0.1) is 0 Å². The summed E-state index contributed by atoms with van der Waals surface area (Å²) < 4.78 is 2.04. The van der Waals surface area contributed by atoms with Gasteiger partial charge >= 0.3 is 0 Å². The van der Waals surface area contributed by atoms with Crippen LogP contribution in [0.15, 0.2) is 17.6 Å². The van der Waals surface area contributed by atoms with Crippen LogP contribution in [-0.4, -0.2) is 26.9 Å². The number of hydrogen-bond acceptors (Lipinski definition) is 4. The monoisotopic (exact) mass is 264 g/mol. The highest BCUT2D eigenvalue weighted by atomic mass is 32.2. The second kappa shape index (κ2) is 5.77. The zero-order valence-electron chi connectivity index (χ0n) is 11.0. The van der Waals surface area contributed by atoms with Crippen LogP contribution in [0.5, 0.6) is 0 Å². The van der Waals surface area contributed by atoms with E-state index in [1.165, 1.54) is 6.42 Å². The third-order valence-electron chi connectivity index (χ3n) is 3.48. The van der Waals surface area contributed by atoms with Gasteiger partial charge < -0.3 is 4.57 Å². The van der Waals surface area contributed by atoms with Gasteiger partial charge in [-0.2, -0.15) is 5.26 Å². The van der Waals surface area contributed by atoms with E-state index in [-0.39, 0.29) is 5.54 Å². The largest absolute Gasteiger partial charge is 0.329 e. The van der Waals surface area contributed by atoms with Gasteiger partial charge in [-0.1, -0.05) is 18.7 Å². The molecular formula is C13H20N4S. The lowest BCUT2D eigenvalue weighted by molar-refractivity contribution is 0.309. The summed E-state index contributed by atoms with van der Waals surface area (Å²) in [7, 11) is 2.01. The second-order valence-electron chi connectivity index (χ2n) is 4.88. The van der Waals surface area contributed by atoms with Crippen molar-refractivity contribution < 1.29 is 0 Å². The van der Waals surface area contributed by atoms with Crippen molar-refractivity contribution in [2.45, 2.75) is 48.6 Å². The predicted molar refractivity (Wildman–Crippen MR) is 73.3 cm³/mol. The number of nitrogens with zero attached hydrogens (tertiary/aromatic N) is 3. The van der Waals surface area contributed by atoms with E-state index >= 15 is 0 Å². The molecule has 0 aliphatic heterocycles. The summed E-state index contributed by atoms with van der Waals surface area (Å²) in [4.78, 5) is 4.35. The smallest absolute Gasteiger partial charge is 0.167 e. The van der Waals surface area contributed by atoms with Crippen molar-refractivity contribution in [3.05, 3.63) is 12.4 Å². The summed E-state index contributed by atoms with van der Waals surface area (Å²) >= 11 is 1.80. The molecule has 1 aliphatic carbocycles. The van der Waals surface area contributed by atoms with Crippen molar-refractivity contribution >= 4 is 11.8 Å². The van der Waals surface area contributed by atoms with Gasteiger partial charge in [0, 0.05) is 24.7 Å². The maximum Gasteiger partial charge on any atom is 0.167 e. The van der Waals surface area contributed by atoms with Gasteiger partial charge in [0.05, 0.1) is 6.07 Å². The third-order valence-corrected chi connectivity index (χ3v) is 4.82. The normalized spacial score (nSPS) is 27.9. The molecule has 0 radical (unpaired) electrons. The first-order valence-electron chi connectivity index (χ1n) is 6.49. The van der Waals surface area contributed by atoms with Crippen molar-refractivity contribution in [1.29, 1.82) is 5.26 Å². The summed E-state index contributed by atoms with van der Waals surface area (Å²) in [6, 6.07) is 2.49. The molecular weight excluding hydrogens is 244 g/mol. The lowest BCUT2D eigenvalue weighted by atomic mass is 9.82. The van der Waals surface area contributed by atoms with Gasteiger partial charge in [-0.3, -0.25) is 5.32 Å². The molecule has 1 heterocycles. The summed E-state index contributed by atoms with van der Waals surface area (Å²) in [5.41, 5.74) is -0.324. The topological polar surface area (TPSA) is 53.6 Å². The molecule has 1 saturated carbocycles. The van der Waals surface area contributed by atoms with Crippen LogP contribution in [-0.2, 0) is 7.05 Å². The molecule has 1 fully saturated rings. The van der Waals surface area contributed by atoms with Crippen LogP contribution >= 0.6 is 11.8 Å². The van der Waals surface area contributed by atoms with Crippen LogP contribution in [0, 0.1) is 11.3 Å². The number of imidazole rings is 1. The molecule has 2 atom stereocenters. The highest BCUT2D eigenvalue weighted by Crippen LogP contribution is 2.37. The first-order chi connectivity index (χ1) is 8.69. The first-order valence-corrected chi connectivity index (χ1v) is 7.37. The number of aryl methyl sites for hydroxylation is 1. The van der Waals surface area contributed by atoms with E-state index in [1.807, 2.05) is 24.0 Å². The highest BCUT2D eigenvalue weighted by Gasteiger charge is 2.36. The summed E-state index contributed by atoms with van der Waals surface area (Å²) in [6.45, 7) is 2.92. The molecule has 18 heavy (non-hydrogen) atoms. The second-order valence-corrected chi connectivity index (χ2v) is 6.15. The number of nitrogens with one attached hydrogen (secondary N) is 1. The number of aromatic nitrogens is 2. The molecule has 1 aromatic heterocycles. The Morgan fingerprint density at radius 3 is 3.17 bits per heavy atom. The molecule has 0 spiro atoms. The molecule has 4 nitrogen and oxygen atoms in total. The number of nitriles is 1. The van der Waals surface area contributed by atoms with E-state index in [0.29, 0.717) is 5.25 Å². The Hall–Kier alpha value is -0.990. The van der Waals surface area contributed by atoms with Crippen molar-refractivity contribution in [2.24, 2.45) is 7.05 Å². The summed E-state index contributed by atoms with van der Waals surface area (Å²) in [5, 5.41) is 14.3. The average Bonchev–Trinajstić information content (AvgIpc) is 2.76. The maximum absolute atomic E-state index is 9.43. The van der Waals surface area contributed by atoms with E-state index < -0.39 is 0 Å². The molecule has 0 amide bonds. The Bertz CT molecular complexity index is 432. The molecule has 0 bridgehead atoms. The number of rotatable bonds is 4. The van der Waals surface area contributed by atoms with Crippen molar-refractivity contribution in [1.82, 2.24) is 14.9 Å². The van der Waals surface area contributed by atoms with Gasteiger partial charge in [0.25, 0.3) is 0 Å². The van der Waals surface area contributed by atoms with E-state index in [9.17, 15) is 5.26 Å². The van der Waals surface area contributed by atoms with Crippen LogP contribution in [0.3, 0.4) is 0 Å². The number of hydrogen-bond donors (Lipinski definition) is 1. The zero-order chi connectivity index (χ0) is 13.0. The SMILES string of the molecule is CCNC1(C#N)CCCC(Sc2nccn2C)C1. The first kappa shape index (κ1) is 13.4. The van der Waals surface area contributed by atoms with Gasteiger partial charge in [0.2, 0.25) is 0 Å². The quantitative estimate of drug-likeness (QED) is 0.907. The third kappa shape index (κ3) is 2.88. The fourth-order valence-corrected chi connectivity index (χ4v) is 3.88. The van der Waals surface area contributed by atoms with Crippen LogP contribution in [0.25, 0.3) is 0 Å². The Morgan fingerprint density at radius 1 is 1.72 bits per heavy atom. The molecule has 1 aliphatic rings. The molecule has 1 aromatic rings. The molecule has 2 unspecified atom stereocenters. The van der Waals surface area contributed by atoms with Crippen LogP contribution < -0.4 is 5.32 Å². The molecule has 98 valence electrons. The van der Waals surface area contributed by atoms with Gasteiger partial charge in [0.15, 0.2) is 5.16 Å². The number of thioether (sulfide) groups is 1. The molecule has 1 N–H and O–H groups in total. The van der Waals surface area contributed by atoms with E-state index in [1.54, 1.807) is 11.8 Å². The Kier molecular flexibility index (Phi) is 4.31. The molecule has 5 heteroatoms. The highest BCUT2D eigenvalue weighted by molar-refractivity contribution is 7.99. The maximum atomic E-state index is 9.43. The van der Waals surface area contributed by atoms with Crippen molar-refractivity contribution in [3.63, 3.8) is 0 Å². The lowest BCUT2D eigenvalue weighted by Crippen LogP contribution is -2.48. The van der Waals surface area contributed by atoms with Gasteiger partial charge in [-0.05, 0) is 32.2 Å². The minimum absolute atomic E-state index is 0.324. The Balaban J connectivity index is 2.03. The predicted octanol–water partition coefficient (Wildman–Crippen LogP) is 2.33. The average molecular weight is 264 g/mol. The van der Waals surface area contributed by atoms with Crippen LogP contribution in [0.4, 0.5) is 0 Å². The fourth-order valence-electron chi connectivity index (χ4n) is 2.58. The minimum atomic E-state index is -0.324. The Morgan fingerprint density at radius 2 is 2.56 bits per heavy atom. The minimum Gasteiger partial charge on any atom is -0.329 e. The fraction of sp³-hybridized carbons (Fsp3) is 0.692.